The normalized spacial score (nSPS) is 12.2. The van der Waals surface area contributed by atoms with Crippen molar-refractivity contribution >= 4 is 27.5 Å². The number of anilines is 1. The van der Waals surface area contributed by atoms with Crippen LogP contribution in [0, 0.1) is 0 Å². The van der Waals surface area contributed by atoms with Crippen molar-refractivity contribution in [3.05, 3.63) is 28.2 Å². The van der Waals surface area contributed by atoms with Crippen LogP contribution in [0.4, 0.5) is 5.69 Å². The van der Waals surface area contributed by atoms with Crippen molar-refractivity contribution in [1.82, 2.24) is 5.32 Å². The number of amides is 1. The summed E-state index contributed by atoms with van der Waals surface area (Å²) < 4.78 is 0.577. The lowest BCUT2D eigenvalue weighted by Gasteiger charge is -2.09. The summed E-state index contributed by atoms with van der Waals surface area (Å²) in [7, 11) is 0. The third-order valence-corrected chi connectivity index (χ3v) is 2.72. The Morgan fingerprint density at radius 2 is 2.33 bits per heavy atom. The number of rotatable bonds is 3. The first-order valence-electron chi connectivity index (χ1n) is 4.52. The first-order chi connectivity index (χ1) is 7.02. The van der Waals surface area contributed by atoms with Crippen molar-refractivity contribution in [2.45, 2.75) is 13.0 Å². The summed E-state index contributed by atoms with van der Waals surface area (Å²) in [6.07, 6.45) is -0.561. The molecule has 0 aromatic heterocycles. The maximum Gasteiger partial charge on any atom is 0.252 e. The van der Waals surface area contributed by atoms with Crippen LogP contribution in [0.5, 0.6) is 0 Å². The average molecular weight is 273 g/mol. The standard InChI is InChI=1S/C10H13BrN2O2/c1-6(14)5-13-10(15)7-3-2-4-8(12)9(7)11/h2-4,6,14H,5,12H2,1H3,(H,13,15). The number of nitrogen functional groups attached to an aromatic ring is 1. The molecule has 0 fully saturated rings. The van der Waals surface area contributed by atoms with Crippen molar-refractivity contribution in [3.8, 4) is 0 Å². The van der Waals surface area contributed by atoms with E-state index in [0.717, 1.165) is 0 Å². The van der Waals surface area contributed by atoms with E-state index in [0.29, 0.717) is 15.7 Å². The molecule has 1 atom stereocenters. The Hall–Kier alpha value is -1.07. The molecular formula is C10H13BrN2O2. The Morgan fingerprint density at radius 3 is 2.93 bits per heavy atom. The van der Waals surface area contributed by atoms with Gasteiger partial charge in [0.1, 0.15) is 0 Å². The van der Waals surface area contributed by atoms with Gasteiger partial charge in [0.15, 0.2) is 0 Å². The molecule has 0 aliphatic rings. The van der Waals surface area contributed by atoms with Gasteiger partial charge in [-0.2, -0.15) is 0 Å². The largest absolute Gasteiger partial charge is 0.398 e. The number of aliphatic hydroxyl groups excluding tert-OH is 1. The molecule has 1 rings (SSSR count). The van der Waals surface area contributed by atoms with Crippen molar-refractivity contribution in [3.63, 3.8) is 0 Å². The molecule has 0 radical (unpaired) electrons. The monoisotopic (exact) mass is 272 g/mol. The second kappa shape index (κ2) is 5.14. The minimum atomic E-state index is -0.561. The Labute approximate surface area is 96.6 Å². The van der Waals surface area contributed by atoms with Crippen LogP contribution in [0.15, 0.2) is 22.7 Å². The van der Waals surface area contributed by atoms with Gasteiger partial charge < -0.3 is 16.2 Å². The van der Waals surface area contributed by atoms with Gasteiger partial charge in [0.05, 0.1) is 16.1 Å². The van der Waals surface area contributed by atoms with Crippen LogP contribution in [0.1, 0.15) is 17.3 Å². The number of halogens is 1. The van der Waals surface area contributed by atoms with E-state index in [2.05, 4.69) is 21.2 Å². The molecule has 0 saturated carbocycles. The fraction of sp³-hybridized carbons (Fsp3) is 0.300. The average Bonchev–Trinajstić information content (AvgIpc) is 2.18. The van der Waals surface area contributed by atoms with Gasteiger partial charge in [-0.1, -0.05) is 6.07 Å². The van der Waals surface area contributed by atoms with Gasteiger partial charge in [0.2, 0.25) is 0 Å². The van der Waals surface area contributed by atoms with Crippen LogP contribution in [0.2, 0.25) is 0 Å². The lowest BCUT2D eigenvalue weighted by Crippen LogP contribution is -2.30. The fourth-order valence-electron chi connectivity index (χ4n) is 1.06. The van der Waals surface area contributed by atoms with Gasteiger partial charge in [-0.25, -0.2) is 0 Å². The Bertz CT molecular complexity index is 366. The fourth-order valence-corrected chi connectivity index (χ4v) is 1.51. The van der Waals surface area contributed by atoms with Crippen LogP contribution in [0.3, 0.4) is 0 Å². The van der Waals surface area contributed by atoms with E-state index in [4.69, 9.17) is 10.8 Å². The molecule has 5 heteroatoms. The number of hydrogen-bond acceptors (Lipinski definition) is 3. The molecule has 1 aromatic rings. The van der Waals surface area contributed by atoms with Crippen LogP contribution in [-0.2, 0) is 0 Å². The highest BCUT2D eigenvalue weighted by atomic mass is 79.9. The highest BCUT2D eigenvalue weighted by Crippen LogP contribution is 2.23. The second-order valence-electron chi connectivity index (χ2n) is 3.27. The van der Waals surface area contributed by atoms with E-state index >= 15 is 0 Å². The van der Waals surface area contributed by atoms with Gasteiger partial charge in [-0.15, -0.1) is 0 Å². The van der Waals surface area contributed by atoms with Crippen molar-refractivity contribution in [2.24, 2.45) is 0 Å². The molecule has 0 aliphatic heterocycles. The number of benzene rings is 1. The molecule has 1 unspecified atom stereocenters. The molecule has 4 N–H and O–H groups in total. The molecule has 0 saturated heterocycles. The number of carbonyl (C=O) groups excluding carboxylic acids is 1. The van der Waals surface area contributed by atoms with E-state index in [9.17, 15) is 4.79 Å². The van der Waals surface area contributed by atoms with Gasteiger partial charge >= 0.3 is 0 Å². The van der Waals surface area contributed by atoms with Gasteiger partial charge in [-0.05, 0) is 35.0 Å². The van der Waals surface area contributed by atoms with Crippen LogP contribution >= 0.6 is 15.9 Å². The summed E-state index contributed by atoms with van der Waals surface area (Å²) in [6, 6.07) is 5.07. The smallest absolute Gasteiger partial charge is 0.252 e. The van der Waals surface area contributed by atoms with E-state index in [1.54, 1.807) is 25.1 Å². The summed E-state index contributed by atoms with van der Waals surface area (Å²) >= 11 is 3.24. The minimum Gasteiger partial charge on any atom is -0.398 e. The zero-order valence-electron chi connectivity index (χ0n) is 8.33. The predicted octanol–water partition coefficient (Wildman–Crippen LogP) is 1.14. The number of nitrogens with one attached hydrogen (secondary N) is 1. The highest BCUT2D eigenvalue weighted by Gasteiger charge is 2.11. The number of hydrogen-bond donors (Lipinski definition) is 3. The maximum atomic E-state index is 11.6. The number of carbonyl (C=O) groups is 1. The van der Waals surface area contributed by atoms with Crippen LogP contribution < -0.4 is 11.1 Å². The van der Waals surface area contributed by atoms with Crippen LogP contribution in [0.25, 0.3) is 0 Å². The first-order valence-corrected chi connectivity index (χ1v) is 5.32. The molecule has 4 nitrogen and oxygen atoms in total. The minimum absolute atomic E-state index is 0.222. The molecule has 82 valence electrons. The topological polar surface area (TPSA) is 75.3 Å². The predicted molar refractivity (Wildman–Crippen MR) is 62.6 cm³/mol. The zero-order valence-corrected chi connectivity index (χ0v) is 9.91. The van der Waals surface area contributed by atoms with Crippen molar-refractivity contribution in [2.75, 3.05) is 12.3 Å². The Balaban J connectivity index is 2.78. The maximum absolute atomic E-state index is 11.6. The van der Waals surface area contributed by atoms with E-state index in [-0.39, 0.29) is 12.5 Å². The summed E-state index contributed by atoms with van der Waals surface area (Å²) in [6.45, 7) is 1.83. The van der Waals surface area contributed by atoms with Gasteiger partial charge in [-0.3, -0.25) is 4.79 Å². The molecule has 1 aromatic carbocycles. The molecule has 0 aliphatic carbocycles. The van der Waals surface area contributed by atoms with E-state index in [1.807, 2.05) is 0 Å². The SMILES string of the molecule is CC(O)CNC(=O)c1cccc(N)c1Br. The third-order valence-electron chi connectivity index (χ3n) is 1.83. The zero-order chi connectivity index (χ0) is 11.4. The number of nitrogens with two attached hydrogens (primary N) is 1. The molecule has 0 heterocycles. The Kier molecular flexibility index (Phi) is 4.11. The number of aliphatic hydroxyl groups is 1. The van der Waals surface area contributed by atoms with E-state index < -0.39 is 6.10 Å². The van der Waals surface area contributed by atoms with Crippen molar-refractivity contribution < 1.29 is 9.90 Å². The first kappa shape index (κ1) is 12.0. The van der Waals surface area contributed by atoms with Gasteiger partial charge in [0, 0.05) is 12.2 Å². The second-order valence-corrected chi connectivity index (χ2v) is 4.06. The Morgan fingerprint density at radius 1 is 1.67 bits per heavy atom. The highest BCUT2D eigenvalue weighted by molar-refractivity contribution is 9.10. The van der Waals surface area contributed by atoms with Crippen molar-refractivity contribution in [1.29, 1.82) is 0 Å². The lowest BCUT2D eigenvalue weighted by molar-refractivity contribution is 0.0923. The van der Waals surface area contributed by atoms with E-state index in [1.165, 1.54) is 0 Å². The summed E-state index contributed by atoms with van der Waals surface area (Å²) in [5.41, 5.74) is 6.62. The molecule has 1 amide bonds. The summed E-state index contributed by atoms with van der Waals surface area (Å²) in [4.78, 5) is 11.6. The molecule has 0 spiro atoms. The molecule has 0 bridgehead atoms. The quantitative estimate of drug-likeness (QED) is 0.723. The summed E-state index contributed by atoms with van der Waals surface area (Å²) in [5, 5.41) is 11.6. The van der Waals surface area contributed by atoms with Gasteiger partial charge in [0.25, 0.3) is 5.91 Å². The molecular weight excluding hydrogens is 260 g/mol. The summed E-state index contributed by atoms with van der Waals surface area (Å²) in [5.74, 6) is -0.255. The lowest BCUT2D eigenvalue weighted by atomic mass is 10.2. The molecule has 15 heavy (non-hydrogen) atoms. The van der Waals surface area contributed by atoms with Crippen LogP contribution in [-0.4, -0.2) is 23.7 Å². The third kappa shape index (κ3) is 3.21.